The van der Waals surface area contributed by atoms with Crippen molar-refractivity contribution in [3.05, 3.63) is 23.4 Å². The number of anilines is 1. The van der Waals surface area contributed by atoms with Crippen LogP contribution < -0.4 is 9.64 Å². The van der Waals surface area contributed by atoms with E-state index in [1.54, 1.807) is 0 Å². The molecule has 156 valence electrons. The Bertz CT molecular complexity index is 623. The normalized spacial score (nSPS) is 17.2. The van der Waals surface area contributed by atoms with Crippen LogP contribution in [0.25, 0.3) is 0 Å². The van der Waals surface area contributed by atoms with Gasteiger partial charge >= 0.3 is 6.01 Å². The van der Waals surface area contributed by atoms with Crippen molar-refractivity contribution in [1.82, 2.24) is 14.9 Å². The van der Waals surface area contributed by atoms with Crippen LogP contribution in [0.5, 0.6) is 6.01 Å². The Morgan fingerprint density at radius 1 is 1.11 bits per heavy atom. The molecule has 0 atom stereocenters. The van der Waals surface area contributed by atoms with Crippen LogP contribution in [0.1, 0.15) is 50.8 Å². The average molecular weight is 389 g/mol. The molecule has 3 rings (SSSR count). The van der Waals surface area contributed by atoms with Crippen LogP contribution in [0.2, 0.25) is 0 Å². The Balaban J connectivity index is 1.68. The molecule has 1 aromatic heterocycles. The number of hydrogen-bond donors (Lipinski definition) is 0. The highest BCUT2D eigenvalue weighted by Gasteiger charge is 2.20. The second-order valence-corrected chi connectivity index (χ2v) is 7.61. The largest absolute Gasteiger partial charge is 0.463 e. The van der Waals surface area contributed by atoms with E-state index in [1.807, 2.05) is 0 Å². The van der Waals surface area contributed by atoms with Crippen molar-refractivity contribution in [3.63, 3.8) is 0 Å². The topological polar surface area (TPSA) is 50.7 Å². The predicted molar refractivity (Wildman–Crippen MR) is 113 cm³/mol. The van der Waals surface area contributed by atoms with Gasteiger partial charge in [0.25, 0.3) is 0 Å². The minimum atomic E-state index is 0.545. The van der Waals surface area contributed by atoms with Crippen LogP contribution in [0, 0.1) is 0 Å². The van der Waals surface area contributed by atoms with E-state index in [4.69, 9.17) is 19.4 Å². The van der Waals surface area contributed by atoms with E-state index in [1.165, 1.54) is 5.56 Å². The number of fused-ring (bicyclic) bond motifs is 1. The van der Waals surface area contributed by atoms with Gasteiger partial charge in [-0.1, -0.05) is 26.0 Å². The third-order valence-corrected chi connectivity index (χ3v) is 5.33. The van der Waals surface area contributed by atoms with Crippen molar-refractivity contribution < 1.29 is 9.47 Å². The molecule has 0 aromatic carbocycles. The van der Waals surface area contributed by atoms with Crippen molar-refractivity contribution in [1.29, 1.82) is 0 Å². The molecule has 0 spiro atoms. The first-order valence-corrected chi connectivity index (χ1v) is 11.0. The summed E-state index contributed by atoms with van der Waals surface area (Å²) < 4.78 is 11.4. The molecule has 1 aliphatic heterocycles. The third kappa shape index (κ3) is 5.92. The van der Waals surface area contributed by atoms with Gasteiger partial charge in [-0.2, -0.15) is 9.97 Å². The van der Waals surface area contributed by atoms with E-state index in [0.29, 0.717) is 12.6 Å². The number of hydrogen-bond acceptors (Lipinski definition) is 6. The number of nitrogens with zero attached hydrogens (tertiary/aromatic N) is 4. The van der Waals surface area contributed by atoms with Crippen molar-refractivity contribution in [2.75, 3.05) is 57.4 Å². The Morgan fingerprint density at radius 2 is 1.89 bits per heavy atom. The van der Waals surface area contributed by atoms with Gasteiger partial charge in [0.2, 0.25) is 0 Å². The molecule has 0 amide bonds. The number of morpholine rings is 1. The standard InChI is InChI=1S/C22H36N4O2/c1-3-11-26(12-4-2)21-19-9-6-5-7-10-20(19)23-22(24-21)28-16-8-13-25-14-17-27-18-15-25/h5,7H,3-4,6,8-18H2,1-2H3. The first-order chi connectivity index (χ1) is 13.8. The molecule has 1 aliphatic carbocycles. The molecule has 1 fully saturated rings. The maximum absolute atomic E-state index is 6.02. The first kappa shape index (κ1) is 21.1. The Hall–Kier alpha value is -1.66. The van der Waals surface area contributed by atoms with E-state index in [0.717, 1.165) is 96.0 Å². The second-order valence-electron chi connectivity index (χ2n) is 7.61. The summed E-state index contributed by atoms with van der Waals surface area (Å²) in [7, 11) is 0. The number of aromatic nitrogens is 2. The van der Waals surface area contributed by atoms with Crippen LogP contribution >= 0.6 is 0 Å². The fourth-order valence-electron chi connectivity index (χ4n) is 3.93. The summed E-state index contributed by atoms with van der Waals surface area (Å²) >= 11 is 0. The van der Waals surface area contributed by atoms with Crippen LogP contribution in [0.3, 0.4) is 0 Å². The number of allylic oxidation sites excluding steroid dienone is 2. The van der Waals surface area contributed by atoms with E-state index in [-0.39, 0.29) is 0 Å². The van der Waals surface area contributed by atoms with Gasteiger partial charge in [0.05, 0.1) is 25.5 Å². The van der Waals surface area contributed by atoms with E-state index in [2.05, 4.69) is 35.8 Å². The average Bonchev–Trinajstić information content (AvgIpc) is 2.97. The van der Waals surface area contributed by atoms with Gasteiger partial charge in [0.1, 0.15) is 5.82 Å². The Kier molecular flexibility index (Phi) is 8.55. The van der Waals surface area contributed by atoms with Crippen LogP contribution in [0.15, 0.2) is 12.2 Å². The molecule has 1 aromatic rings. The highest BCUT2D eigenvalue weighted by atomic mass is 16.5. The van der Waals surface area contributed by atoms with Gasteiger partial charge in [0, 0.05) is 44.7 Å². The summed E-state index contributed by atoms with van der Waals surface area (Å²) in [6, 6.07) is 0.545. The van der Waals surface area contributed by atoms with Crippen LogP contribution in [-0.2, 0) is 17.6 Å². The lowest BCUT2D eigenvalue weighted by Gasteiger charge is -2.27. The minimum Gasteiger partial charge on any atom is -0.463 e. The van der Waals surface area contributed by atoms with E-state index in [9.17, 15) is 0 Å². The highest BCUT2D eigenvalue weighted by Crippen LogP contribution is 2.28. The lowest BCUT2D eigenvalue weighted by Crippen LogP contribution is -2.37. The van der Waals surface area contributed by atoms with Gasteiger partial charge in [-0.25, -0.2) is 0 Å². The molecule has 6 heteroatoms. The highest BCUT2D eigenvalue weighted by molar-refractivity contribution is 5.51. The van der Waals surface area contributed by atoms with Crippen LogP contribution in [-0.4, -0.2) is 67.4 Å². The third-order valence-electron chi connectivity index (χ3n) is 5.33. The van der Waals surface area contributed by atoms with Gasteiger partial charge < -0.3 is 14.4 Å². The van der Waals surface area contributed by atoms with Gasteiger partial charge in [0.15, 0.2) is 0 Å². The molecule has 6 nitrogen and oxygen atoms in total. The molecular formula is C22H36N4O2. The molecule has 0 saturated carbocycles. The quantitative estimate of drug-likeness (QED) is 0.453. The molecule has 0 N–H and O–H groups in total. The summed E-state index contributed by atoms with van der Waals surface area (Å²) in [5.41, 5.74) is 2.45. The zero-order chi connectivity index (χ0) is 19.6. The lowest BCUT2D eigenvalue weighted by molar-refractivity contribution is 0.0356. The van der Waals surface area contributed by atoms with Gasteiger partial charge in [-0.05, 0) is 32.1 Å². The van der Waals surface area contributed by atoms with Gasteiger partial charge in [-0.3, -0.25) is 4.90 Å². The molecule has 28 heavy (non-hydrogen) atoms. The second kappa shape index (κ2) is 11.4. The SMILES string of the molecule is CCCN(CCC)c1nc(OCCCN2CCOCC2)nc2c1CCC=CC2. The minimum absolute atomic E-state index is 0.545. The fourth-order valence-corrected chi connectivity index (χ4v) is 3.93. The lowest BCUT2D eigenvalue weighted by atomic mass is 10.1. The fraction of sp³-hybridized carbons (Fsp3) is 0.727. The smallest absolute Gasteiger partial charge is 0.318 e. The molecule has 0 unspecified atom stereocenters. The summed E-state index contributed by atoms with van der Waals surface area (Å²) in [5.74, 6) is 1.10. The molecular weight excluding hydrogens is 352 g/mol. The molecule has 2 heterocycles. The zero-order valence-corrected chi connectivity index (χ0v) is 17.7. The van der Waals surface area contributed by atoms with E-state index >= 15 is 0 Å². The number of ether oxygens (including phenoxy) is 2. The van der Waals surface area contributed by atoms with Crippen molar-refractivity contribution in [2.24, 2.45) is 0 Å². The summed E-state index contributed by atoms with van der Waals surface area (Å²) in [6.07, 6.45) is 10.7. The molecule has 0 bridgehead atoms. The molecule has 1 saturated heterocycles. The molecule has 0 radical (unpaired) electrons. The number of rotatable bonds is 10. The van der Waals surface area contributed by atoms with Crippen molar-refractivity contribution in [2.45, 2.75) is 52.4 Å². The van der Waals surface area contributed by atoms with Gasteiger partial charge in [-0.15, -0.1) is 0 Å². The monoisotopic (exact) mass is 388 g/mol. The summed E-state index contributed by atoms with van der Waals surface area (Å²) in [5, 5.41) is 0. The maximum Gasteiger partial charge on any atom is 0.318 e. The maximum atomic E-state index is 6.02. The Labute approximate surface area is 169 Å². The van der Waals surface area contributed by atoms with Crippen LogP contribution in [0.4, 0.5) is 5.82 Å². The predicted octanol–water partition coefficient (Wildman–Crippen LogP) is 3.25. The van der Waals surface area contributed by atoms with E-state index < -0.39 is 0 Å². The molecule has 2 aliphatic rings. The summed E-state index contributed by atoms with van der Waals surface area (Å²) in [6.45, 7) is 12.0. The zero-order valence-electron chi connectivity index (χ0n) is 17.7. The summed E-state index contributed by atoms with van der Waals surface area (Å²) in [4.78, 5) is 14.5. The van der Waals surface area contributed by atoms with Crippen molar-refractivity contribution in [3.8, 4) is 6.01 Å². The van der Waals surface area contributed by atoms with Crippen molar-refractivity contribution >= 4 is 5.82 Å². The Morgan fingerprint density at radius 3 is 2.64 bits per heavy atom. The first-order valence-electron chi connectivity index (χ1n) is 11.0.